The van der Waals surface area contributed by atoms with E-state index in [0.29, 0.717) is 4.90 Å². The van der Waals surface area contributed by atoms with Crippen LogP contribution in [0.25, 0.3) is 0 Å². The number of carboxylic acid groups (broad SMARTS) is 11. The van der Waals surface area contributed by atoms with Gasteiger partial charge in [0.2, 0.25) is 0 Å². The normalized spacial score (nSPS) is 10.4. The van der Waals surface area contributed by atoms with Gasteiger partial charge in [-0.1, -0.05) is 24.3 Å². The van der Waals surface area contributed by atoms with Gasteiger partial charge < -0.3 is 72.5 Å². The summed E-state index contributed by atoms with van der Waals surface area (Å²) in [5, 5.41) is 110. The quantitative estimate of drug-likeness (QED) is 0.0358. The largest absolute Gasteiger partial charge is 0.478 e. The van der Waals surface area contributed by atoms with Crippen LogP contribution < -0.4 is 11.5 Å². The van der Waals surface area contributed by atoms with Gasteiger partial charge in [0.15, 0.2) is 0 Å². The molecular weight excluding hydrogens is 1100 g/mol. The van der Waals surface area contributed by atoms with Gasteiger partial charge in [0.05, 0.1) is 100 Å². The Morgan fingerprint density at radius 3 is 0.625 bits per heavy atom. The molecule has 15 N–H and O–H groups in total. The molecule has 0 aromatic heterocycles. The lowest BCUT2D eigenvalue weighted by atomic mass is 9.85. The van der Waals surface area contributed by atoms with E-state index in [1.54, 1.807) is 0 Å². The van der Waals surface area contributed by atoms with Crippen LogP contribution in [0.3, 0.4) is 0 Å². The van der Waals surface area contributed by atoms with Crippen molar-refractivity contribution in [2.45, 2.75) is 13.8 Å². The van der Waals surface area contributed by atoms with Crippen molar-refractivity contribution in [1.29, 1.82) is 0 Å². The molecule has 3 rings (SSSR count). The number of rotatable bonds is 22. The van der Waals surface area contributed by atoms with Crippen LogP contribution in [0.5, 0.6) is 0 Å². The molecule has 0 fully saturated rings. The van der Waals surface area contributed by atoms with Crippen molar-refractivity contribution < 1.29 is 162 Å². The van der Waals surface area contributed by atoms with Crippen LogP contribution >= 0.6 is 0 Å². The highest BCUT2D eigenvalue weighted by molar-refractivity contribution is 6.27. The minimum absolute atomic E-state index is 0.0823. The van der Waals surface area contributed by atoms with E-state index >= 15 is 0 Å². The average molecular weight is 1130 g/mol. The number of hydrogen-bond acceptors (Lipinski definition) is 22. The van der Waals surface area contributed by atoms with E-state index in [-0.39, 0.29) is 11.1 Å². The van der Waals surface area contributed by atoms with Crippen molar-refractivity contribution in [1.82, 2.24) is 4.90 Å². The number of aromatic carboxylic acids is 11. The third kappa shape index (κ3) is 11.6. The molecule has 0 saturated heterocycles. The Balaban J connectivity index is 2.72. The Hall–Kier alpha value is -12.4. The van der Waals surface area contributed by atoms with E-state index in [2.05, 4.69) is 32.7 Å². The fraction of sp³-hybridized carbons (Fsp3) is 0.0909. The zero-order valence-corrected chi connectivity index (χ0v) is 39.3. The van der Waals surface area contributed by atoms with E-state index in [1.165, 1.54) is 13.8 Å². The van der Waals surface area contributed by atoms with Gasteiger partial charge >= 0.3 is 89.5 Å². The first kappa shape index (κ1) is 61.9. The summed E-state index contributed by atoms with van der Waals surface area (Å²) >= 11 is 0. The number of carboxylic acids is 11. The third-order valence-electron chi connectivity index (χ3n) is 9.97. The van der Waals surface area contributed by atoms with Gasteiger partial charge in [-0.15, -0.1) is 0 Å². The maximum atomic E-state index is 14.7. The third-order valence-corrected chi connectivity index (χ3v) is 9.97. The van der Waals surface area contributed by atoms with Gasteiger partial charge in [0, 0.05) is 13.1 Å². The molecule has 3 amide bonds. The first-order valence-electron chi connectivity index (χ1n) is 20.1. The predicted molar refractivity (Wildman–Crippen MR) is 240 cm³/mol. The Morgan fingerprint density at radius 2 is 0.450 bits per heavy atom. The van der Waals surface area contributed by atoms with Crippen LogP contribution in [0.4, 0.5) is 0 Å². The lowest BCUT2D eigenvalue weighted by Gasteiger charge is -2.26. The molecule has 0 radical (unpaired) electrons. The summed E-state index contributed by atoms with van der Waals surface area (Å²) in [6.45, 7) is 7.75. The molecule has 418 valence electrons. The van der Waals surface area contributed by atoms with E-state index < -0.39 is 220 Å². The average Bonchev–Trinajstić information content (AvgIpc) is 3.32. The molecule has 0 aliphatic rings. The zero-order valence-electron chi connectivity index (χ0n) is 39.3. The van der Waals surface area contributed by atoms with E-state index in [0.717, 1.165) is 0 Å². The molecule has 80 heavy (non-hydrogen) atoms. The number of nitrogens with two attached hydrogens (primary N) is 2. The van der Waals surface area contributed by atoms with Crippen molar-refractivity contribution in [2.75, 3.05) is 13.1 Å². The van der Waals surface area contributed by atoms with Crippen LogP contribution in [-0.4, -0.2) is 181 Å². The number of carbonyl (C=O) groups is 18. The second kappa shape index (κ2) is 23.4. The van der Waals surface area contributed by atoms with E-state index in [4.69, 9.17) is 11.5 Å². The van der Waals surface area contributed by atoms with Gasteiger partial charge in [0.25, 0.3) is 17.7 Å². The summed E-state index contributed by atoms with van der Waals surface area (Å²) in [6.07, 6.45) is 0. The van der Waals surface area contributed by atoms with Crippen LogP contribution in [0.15, 0.2) is 24.3 Å². The monoisotopic (exact) mass is 1130 g/mol. The number of nitrogens with zero attached hydrogens (tertiary/aromatic N) is 1. The van der Waals surface area contributed by atoms with Crippen LogP contribution in [0.2, 0.25) is 0 Å². The number of carbonyl (C=O) groups excluding carboxylic acids is 7. The summed E-state index contributed by atoms with van der Waals surface area (Å²) < 4.78 is 0. The molecule has 36 nitrogen and oxygen atoms in total. The molecule has 3 aromatic rings. The Bertz CT molecular complexity index is 3440. The highest BCUT2D eigenvalue weighted by Crippen LogP contribution is 2.36. The lowest BCUT2D eigenvalue weighted by Crippen LogP contribution is -2.38. The molecule has 3 aromatic carbocycles. The summed E-state index contributed by atoms with van der Waals surface area (Å²) in [7, 11) is 0. The highest BCUT2D eigenvalue weighted by atomic mass is 17.2. The fourth-order valence-electron chi connectivity index (χ4n) is 7.45. The standard InChI is InChI=1S/C44H29N3O33/c1-7(2)5-47(6-8(3)4)29(50)11-14(32(55)56)17(35(61)62)22(40(71)72)26(44(76)80-78-42(74)24-10(28(46)49)13(31(53)54)16(34(59)60)19(37(65)66)21(24)39(69)70)25(11)43(75)79-77-41(73)23-9(27(45)48)12(30(51)52)15(33(57)58)18(36(63)64)20(23)38(67)68/h1,3,5-6H2,2,4H3,(H2,45,48)(H2,46,49)(H,51,52)(H,53,54)(H,55,56)(H,57,58)(H,59,60)(H,61,62)(H,63,64)(H,65,66)(H,67,68)(H,69,70)(H,71,72). The van der Waals surface area contributed by atoms with Crippen LogP contribution in [0.1, 0.15) is 200 Å². The van der Waals surface area contributed by atoms with Crippen LogP contribution in [-0.2, 0) is 19.6 Å². The molecule has 0 bridgehead atoms. The van der Waals surface area contributed by atoms with E-state index in [1.807, 2.05) is 0 Å². The summed E-state index contributed by atoms with van der Waals surface area (Å²) in [4.78, 5) is 251. The Morgan fingerprint density at radius 1 is 0.300 bits per heavy atom. The molecule has 0 aliphatic heterocycles. The molecule has 0 atom stereocenters. The summed E-state index contributed by atoms with van der Waals surface area (Å²) in [6, 6.07) is 0. The van der Waals surface area contributed by atoms with Crippen molar-refractivity contribution in [3.8, 4) is 0 Å². The molecular formula is C44H29N3O33. The van der Waals surface area contributed by atoms with Crippen molar-refractivity contribution in [2.24, 2.45) is 11.5 Å². The number of hydrogen-bond donors (Lipinski definition) is 13. The zero-order chi connectivity index (χ0) is 61.8. The van der Waals surface area contributed by atoms with Gasteiger partial charge in [-0.05, 0) is 13.8 Å². The van der Waals surface area contributed by atoms with Crippen molar-refractivity contribution in [3.05, 3.63) is 124 Å². The Kier molecular flexibility index (Phi) is 18.1. The molecule has 0 heterocycles. The maximum absolute atomic E-state index is 14.7. The minimum atomic E-state index is -2.95. The first-order chi connectivity index (χ1) is 36.8. The van der Waals surface area contributed by atoms with Gasteiger partial charge in [-0.3, -0.25) is 14.4 Å². The molecule has 36 heteroatoms. The number of benzene rings is 3. The van der Waals surface area contributed by atoms with Gasteiger partial charge in [-0.25, -0.2) is 91.5 Å². The highest BCUT2D eigenvalue weighted by Gasteiger charge is 2.47. The van der Waals surface area contributed by atoms with Crippen molar-refractivity contribution in [3.63, 3.8) is 0 Å². The number of amides is 3. The fourth-order valence-corrected chi connectivity index (χ4v) is 7.45. The summed E-state index contributed by atoms with van der Waals surface area (Å²) in [5.41, 5.74) is -28.9. The van der Waals surface area contributed by atoms with Crippen LogP contribution in [0, 0.1) is 0 Å². The lowest BCUT2D eigenvalue weighted by molar-refractivity contribution is -0.189. The van der Waals surface area contributed by atoms with E-state index in [9.17, 15) is 142 Å². The maximum Gasteiger partial charge on any atom is 0.388 e. The number of primary amides is 2. The molecule has 0 spiro atoms. The smallest absolute Gasteiger partial charge is 0.388 e. The predicted octanol–water partition coefficient (Wildman–Crippen LogP) is 0.0166. The van der Waals surface area contributed by atoms with Crippen molar-refractivity contribution >= 4 is 107 Å². The summed E-state index contributed by atoms with van der Waals surface area (Å²) in [5.74, 6) is -47.9. The topological polar surface area (TPSA) is 622 Å². The van der Waals surface area contributed by atoms with Gasteiger partial charge in [-0.2, -0.15) is 0 Å². The second-order valence-corrected chi connectivity index (χ2v) is 15.4. The molecule has 0 saturated carbocycles. The minimum Gasteiger partial charge on any atom is -0.478 e. The molecule has 0 aliphatic carbocycles. The first-order valence-corrected chi connectivity index (χ1v) is 20.1. The second-order valence-electron chi connectivity index (χ2n) is 15.4. The molecule has 0 unspecified atom stereocenters. The SMILES string of the molecule is C=C(C)CN(CC(=C)C)C(=O)c1c(C(=O)O)c(C(=O)O)c(C(=O)O)c(C(=O)OOC(=O)c2c(C(N)=O)c(C(=O)O)c(C(=O)O)c(C(=O)O)c2C(=O)O)c1C(=O)OOC(=O)c1c(C(N)=O)c(C(=O)O)c(C(=O)O)c(C(=O)O)c1C(=O)O. The van der Waals surface area contributed by atoms with Gasteiger partial charge in [0.1, 0.15) is 0 Å². The Labute approximate surface area is 436 Å².